The first-order valence-electron chi connectivity index (χ1n) is 5.45. The molecule has 0 saturated carbocycles. The van der Waals surface area contributed by atoms with Crippen LogP contribution in [0.25, 0.3) is 0 Å². The molecular weight excluding hydrogens is 214 g/mol. The molecule has 0 aliphatic carbocycles. The number of nitrogens with one attached hydrogen (secondary N) is 1. The van der Waals surface area contributed by atoms with E-state index < -0.39 is 0 Å². The topological polar surface area (TPSA) is 49.3 Å². The van der Waals surface area contributed by atoms with Crippen molar-refractivity contribution in [1.82, 2.24) is 5.32 Å². The number of carbonyl (C=O) groups excluding carboxylic acids is 1. The molecule has 17 heavy (non-hydrogen) atoms. The number of amides is 1. The van der Waals surface area contributed by atoms with Gasteiger partial charge in [-0.2, -0.15) is 0 Å². The quantitative estimate of drug-likeness (QED) is 0.721. The lowest BCUT2D eigenvalue weighted by Gasteiger charge is -2.20. The van der Waals surface area contributed by atoms with E-state index >= 15 is 0 Å². The van der Waals surface area contributed by atoms with Crippen LogP contribution in [0.1, 0.15) is 36.7 Å². The Hall–Kier alpha value is -1.79. The lowest BCUT2D eigenvalue weighted by atomic mass is 10.0. The van der Waals surface area contributed by atoms with Gasteiger partial charge in [-0.3, -0.25) is 4.79 Å². The number of aliphatic hydroxyl groups is 1. The van der Waals surface area contributed by atoms with Crippen LogP contribution in [0.4, 0.5) is 0 Å². The molecule has 2 N–H and O–H groups in total. The van der Waals surface area contributed by atoms with E-state index in [1.54, 1.807) is 18.2 Å². The fourth-order valence-electron chi connectivity index (χ4n) is 1.33. The van der Waals surface area contributed by atoms with Crippen molar-refractivity contribution in [2.75, 3.05) is 6.61 Å². The van der Waals surface area contributed by atoms with Crippen molar-refractivity contribution in [3.8, 4) is 11.8 Å². The Bertz CT molecular complexity index is 461. The van der Waals surface area contributed by atoms with Crippen molar-refractivity contribution in [1.29, 1.82) is 0 Å². The summed E-state index contributed by atoms with van der Waals surface area (Å²) in [7, 11) is 0. The second-order valence-electron chi connectivity index (χ2n) is 4.71. The summed E-state index contributed by atoms with van der Waals surface area (Å²) in [6.07, 6.45) is 0. The highest BCUT2D eigenvalue weighted by atomic mass is 16.2. The summed E-state index contributed by atoms with van der Waals surface area (Å²) < 4.78 is 0. The lowest BCUT2D eigenvalue weighted by molar-refractivity contribution is 0.0919. The van der Waals surface area contributed by atoms with Crippen LogP contribution in [0.2, 0.25) is 0 Å². The van der Waals surface area contributed by atoms with E-state index in [2.05, 4.69) is 17.2 Å². The minimum absolute atomic E-state index is 0.152. The normalized spacial score (nSPS) is 10.4. The van der Waals surface area contributed by atoms with Gasteiger partial charge in [0.15, 0.2) is 0 Å². The largest absolute Gasteiger partial charge is 0.384 e. The van der Waals surface area contributed by atoms with Crippen LogP contribution in [0.5, 0.6) is 0 Å². The highest BCUT2D eigenvalue weighted by Gasteiger charge is 2.16. The molecule has 3 nitrogen and oxygen atoms in total. The van der Waals surface area contributed by atoms with Gasteiger partial charge < -0.3 is 10.4 Å². The zero-order valence-corrected chi connectivity index (χ0v) is 10.4. The predicted octanol–water partition coefficient (Wildman–Crippen LogP) is 1.56. The van der Waals surface area contributed by atoms with Crippen LogP contribution in [0.15, 0.2) is 24.3 Å². The Kier molecular flexibility index (Phi) is 4.30. The highest BCUT2D eigenvalue weighted by Crippen LogP contribution is 2.09. The highest BCUT2D eigenvalue weighted by molar-refractivity contribution is 5.97. The van der Waals surface area contributed by atoms with Crippen LogP contribution in [0, 0.1) is 11.8 Å². The van der Waals surface area contributed by atoms with Crippen molar-refractivity contribution in [2.45, 2.75) is 26.3 Å². The minimum atomic E-state index is -0.283. The summed E-state index contributed by atoms with van der Waals surface area (Å²) >= 11 is 0. The maximum absolute atomic E-state index is 12.0. The first-order chi connectivity index (χ1) is 7.94. The molecule has 1 aromatic carbocycles. The van der Waals surface area contributed by atoms with E-state index in [1.165, 1.54) is 0 Å². The maximum Gasteiger partial charge on any atom is 0.252 e. The zero-order chi connectivity index (χ0) is 12.9. The van der Waals surface area contributed by atoms with Gasteiger partial charge in [0, 0.05) is 11.1 Å². The van der Waals surface area contributed by atoms with E-state index in [-0.39, 0.29) is 18.1 Å². The van der Waals surface area contributed by atoms with Crippen LogP contribution in [-0.4, -0.2) is 23.2 Å². The molecule has 0 saturated heterocycles. The third-order valence-electron chi connectivity index (χ3n) is 1.96. The molecule has 1 amide bonds. The number of benzene rings is 1. The monoisotopic (exact) mass is 231 g/mol. The number of rotatable bonds is 1. The van der Waals surface area contributed by atoms with Gasteiger partial charge in [-0.1, -0.05) is 24.0 Å². The number of hydrogen-bond acceptors (Lipinski definition) is 2. The average molecular weight is 231 g/mol. The molecule has 1 rings (SSSR count). The molecule has 0 fully saturated rings. The molecule has 0 atom stereocenters. The van der Waals surface area contributed by atoms with Gasteiger partial charge in [-0.15, -0.1) is 0 Å². The van der Waals surface area contributed by atoms with Gasteiger partial charge >= 0.3 is 0 Å². The molecule has 1 aromatic rings. The predicted molar refractivity (Wildman–Crippen MR) is 67.6 cm³/mol. The molecule has 0 bridgehead atoms. The van der Waals surface area contributed by atoms with Gasteiger partial charge in [0.05, 0.1) is 5.56 Å². The zero-order valence-electron chi connectivity index (χ0n) is 10.4. The summed E-state index contributed by atoms with van der Waals surface area (Å²) in [6, 6.07) is 7.10. The van der Waals surface area contributed by atoms with Gasteiger partial charge in [0.1, 0.15) is 6.61 Å². The second kappa shape index (κ2) is 5.51. The fourth-order valence-corrected chi connectivity index (χ4v) is 1.33. The van der Waals surface area contributed by atoms with Crippen LogP contribution < -0.4 is 5.32 Å². The van der Waals surface area contributed by atoms with E-state index in [0.717, 1.165) is 0 Å². The molecule has 0 spiro atoms. The minimum Gasteiger partial charge on any atom is -0.384 e. The van der Waals surface area contributed by atoms with Crippen LogP contribution in [-0.2, 0) is 0 Å². The summed E-state index contributed by atoms with van der Waals surface area (Å²) in [5.74, 6) is 5.16. The molecule has 0 aromatic heterocycles. The van der Waals surface area contributed by atoms with Gasteiger partial charge in [-0.25, -0.2) is 0 Å². The summed E-state index contributed by atoms with van der Waals surface area (Å²) in [6.45, 7) is 5.56. The van der Waals surface area contributed by atoms with E-state index in [0.29, 0.717) is 11.1 Å². The molecule has 0 radical (unpaired) electrons. The van der Waals surface area contributed by atoms with Crippen molar-refractivity contribution >= 4 is 5.91 Å². The van der Waals surface area contributed by atoms with E-state index in [4.69, 9.17) is 5.11 Å². The van der Waals surface area contributed by atoms with Crippen molar-refractivity contribution < 1.29 is 9.90 Å². The smallest absolute Gasteiger partial charge is 0.252 e. The van der Waals surface area contributed by atoms with E-state index in [9.17, 15) is 4.79 Å². The number of carbonyl (C=O) groups is 1. The SMILES string of the molecule is CC(C)(C)NC(=O)c1ccccc1C#CCO. The molecular formula is C14H17NO2. The Morgan fingerprint density at radius 3 is 2.59 bits per heavy atom. The number of hydrogen-bond donors (Lipinski definition) is 2. The lowest BCUT2D eigenvalue weighted by Crippen LogP contribution is -2.40. The molecule has 0 aliphatic rings. The molecule has 3 heteroatoms. The first kappa shape index (κ1) is 13.3. The Morgan fingerprint density at radius 1 is 1.35 bits per heavy atom. The first-order valence-corrected chi connectivity index (χ1v) is 5.45. The Balaban J connectivity index is 3.01. The molecule has 0 aliphatic heterocycles. The fraction of sp³-hybridized carbons (Fsp3) is 0.357. The second-order valence-corrected chi connectivity index (χ2v) is 4.71. The summed E-state index contributed by atoms with van der Waals surface area (Å²) in [5.41, 5.74) is 0.876. The molecule has 0 unspecified atom stereocenters. The third-order valence-corrected chi connectivity index (χ3v) is 1.96. The standard InChI is InChI=1S/C14H17NO2/c1-14(2,3)15-13(17)12-9-5-4-7-11(12)8-6-10-16/h4-5,7,9,16H,10H2,1-3H3,(H,15,17). The number of aliphatic hydroxyl groups excluding tert-OH is 1. The average Bonchev–Trinajstić information content (AvgIpc) is 2.24. The van der Waals surface area contributed by atoms with Gasteiger partial charge in [0.2, 0.25) is 0 Å². The van der Waals surface area contributed by atoms with Crippen molar-refractivity contribution in [2.24, 2.45) is 0 Å². The molecule has 90 valence electrons. The van der Waals surface area contributed by atoms with Gasteiger partial charge in [0.25, 0.3) is 5.91 Å². The maximum atomic E-state index is 12.0. The molecule has 0 heterocycles. The Labute approximate surface area is 102 Å². The van der Waals surface area contributed by atoms with Crippen molar-refractivity contribution in [3.05, 3.63) is 35.4 Å². The summed E-state index contributed by atoms with van der Waals surface area (Å²) in [5, 5.41) is 11.6. The summed E-state index contributed by atoms with van der Waals surface area (Å²) in [4.78, 5) is 12.0. The Morgan fingerprint density at radius 2 is 2.00 bits per heavy atom. The van der Waals surface area contributed by atoms with Crippen LogP contribution >= 0.6 is 0 Å². The third kappa shape index (κ3) is 4.29. The van der Waals surface area contributed by atoms with Crippen LogP contribution in [0.3, 0.4) is 0 Å². The van der Waals surface area contributed by atoms with Gasteiger partial charge in [-0.05, 0) is 32.9 Å². The van der Waals surface area contributed by atoms with E-state index in [1.807, 2.05) is 26.8 Å². The van der Waals surface area contributed by atoms with Crippen molar-refractivity contribution in [3.63, 3.8) is 0 Å².